The zero-order chi connectivity index (χ0) is 37.6. The molecule has 4 heterocycles. The lowest BCUT2D eigenvalue weighted by atomic mass is 10.1. The smallest absolute Gasteiger partial charge is 0.274 e. The van der Waals surface area contributed by atoms with E-state index in [1.165, 1.54) is 31.9 Å². The van der Waals surface area contributed by atoms with Crippen LogP contribution < -0.4 is 26.0 Å². The van der Waals surface area contributed by atoms with Crippen molar-refractivity contribution in [2.24, 2.45) is 0 Å². The lowest BCUT2D eigenvalue weighted by Gasteiger charge is -2.24. The first-order valence-corrected chi connectivity index (χ1v) is 17.2. The summed E-state index contributed by atoms with van der Waals surface area (Å²) >= 11 is 0. The number of aryl methyl sites for hydroxylation is 2. The van der Waals surface area contributed by atoms with Gasteiger partial charge in [-0.05, 0) is 50.3 Å². The van der Waals surface area contributed by atoms with Gasteiger partial charge in [0.1, 0.15) is 30.0 Å². The number of carbonyl (C=O) groups excluding carboxylic acids is 5. The van der Waals surface area contributed by atoms with Gasteiger partial charge in [-0.3, -0.25) is 24.0 Å². The second-order valence-electron chi connectivity index (χ2n) is 12.9. The summed E-state index contributed by atoms with van der Waals surface area (Å²) in [5.74, 6) is -3.04. The lowest BCUT2D eigenvalue weighted by molar-refractivity contribution is -0.131. The van der Waals surface area contributed by atoms with Gasteiger partial charge >= 0.3 is 0 Å². The van der Waals surface area contributed by atoms with Crippen LogP contribution in [0.3, 0.4) is 0 Å². The molecule has 1 aliphatic carbocycles. The van der Waals surface area contributed by atoms with E-state index in [9.17, 15) is 29.1 Å². The Hall–Kier alpha value is -6.10. The highest BCUT2D eigenvalue weighted by molar-refractivity contribution is 5.98. The van der Waals surface area contributed by atoms with Crippen LogP contribution in [0.1, 0.15) is 86.1 Å². The summed E-state index contributed by atoms with van der Waals surface area (Å²) in [6, 6.07) is 8.93. The summed E-state index contributed by atoms with van der Waals surface area (Å²) in [4.78, 5) is 77.4. The number of aliphatic hydroxyl groups excluding tert-OH is 1. The first-order chi connectivity index (χ1) is 25.5. The molecule has 1 aromatic carbocycles. The van der Waals surface area contributed by atoms with Crippen LogP contribution in [-0.2, 0) is 35.4 Å². The van der Waals surface area contributed by atoms with Crippen molar-refractivity contribution in [1.82, 2.24) is 41.3 Å². The second-order valence-corrected chi connectivity index (χ2v) is 12.9. The highest BCUT2D eigenvalue weighted by Crippen LogP contribution is 2.28. The third kappa shape index (κ3) is 8.52. The summed E-state index contributed by atoms with van der Waals surface area (Å²) in [5.41, 5.74) is 2.56. The van der Waals surface area contributed by atoms with Crippen LogP contribution in [0.25, 0.3) is 0 Å². The maximum absolute atomic E-state index is 14.1. The van der Waals surface area contributed by atoms with Crippen LogP contribution in [0.4, 0.5) is 0 Å². The predicted molar refractivity (Wildman–Crippen MR) is 184 cm³/mol. The number of hydrogen-bond acceptors (Lipinski definition) is 12. The Morgan fingerprint density at radius 1 is 1.02 bits per heavy atom. The van der Waals surface area contributed by atoms with E-state index in [-0.39, 0.29) is 60.5 Å². The highest BCUT2D eigenvalue weighted by atomic mass is 16.5. The van der Waals surface area contributed by atoms with Gasteiger partial charge in [-0.1, -0.05) is 35.5 Å². The molecule has 2 aliphatic rings. The van der Waals surface area contributed by atoms with Crippen molar-refractivity contribution in [3.8, 4) is 5.88 Å². The van der Waals surface area contributed by atoms with Gasteiger partial charge in [-0.25, -0.2) is 9.97 Å². The van der Waals surface area contributed by atoms with E-state index in [2.05, 4.69) is 36.4 Å². The summed E-state index contributed by atoms with van der Waals surface area (Å²) in [6.45, 7) is 2.54. The number of ether oxygens (including phenoxy) is 1. The van der Waals surface area contributed by atoms with Crippen molar-refractivity contribution in [2.75, 3.05) is 20.2 Å². The first kappa shape index (κ1) is 36.7. The summed E-state index contributed by atoms with van der Waals surface area (Å²) in [5, 5.41) is 24.8. The van der Waals surface area contributed by atoms with Gasteiger partial charge in [0.05, 0.1) is 19.8 Å². The third-order valence-electron chi connectivity index (χ3n) is 8.99. The number of nitrogens with one attached hydrogen (secondary N) is 4. The van der Waals surface area contributed by atoms with Crippen LogP contribution in [0.15, 0.2) is 57.7 Å². The molecule has 278 valence electrons. The van der Waals surface area contributed by atoms with Gasteiger partial charge in [0, 0.05) is 31.3 Å². The van der Waals surface area contributed by atoms with Crippen molar-refractivity contribution >= 4 is 29.5 Å². The SMILES string of the molecule is COc1nc2c(cc1C(=O)N1CCNC(=O)[C@@H](C)NC(=O)[C@H]([C@@H](C)O)NC(=O)c3coc(n3)[C@@H](Cc3ccccc3)NC(=O)c3cc(on3)C1)CCC2. The Labute approximate surface area is 303 Å². The molecule has 4 aromatic rings. The number of aromatic nitrogens is 3. The standard InChI is InChI=1S/C36H40N8O9/c1-19-30(46)37-12-13-44(36(50)24-15-22-10-7-11-25(22)40-34(24)51-3)17-23-16-26(43-53-23)31(47)39-27(14-21-8-5-4-6-9-21)35-41-28(18-52-35)32(48)42-29(20(2)45)33(49)38-19/h4-6,8-9,15-16,18-20,27,29,45H,7,10-14,17H2,1-3H3,(H,37,46)(H,38,49)(H,39,47)(H,42,48)/t19-,20-,27-,29+/m1/s1. The fourth-order valence-corrected chi connectivity index (χ4v) is 6.16. The molecule has 3 aromatic heterocycles. The number of rotatable bonds is 5. The zero-order valence-electron chi connectivity index (χ0n) is 29.4. The number of fused-ring (bicyclic) bond motifs is 5. The van der Waals surface area contributed by atoms with Crippen molar-refractivity contribution in [3.05, 3.63) is 94.2 Å². The van der Waals surface area contributed by atoms with E-state index in [0.717, 1.165) is 42.3 Å². The Kier molecular flexibility index (Phi) is 11.1. The normalized spacial score (nSPS) is 20.6. The number of methoxy groups -OCH3 is 1. The largest absolute Gasteiger partial charge is 0.480 e. The average Bonchev–Trinajstić information content (AvgIpc) is 3.93. The molecule has 17 nitrogen and oxygen atoms in total. The van der Waals surface area contributed by atoms with E-state index >= 15 is 0 Å². The van der Waals surface area contributed by atoms with Crippen molar-refractivity contribution in [1.29, 1.82) is 0 Å². The maximum atomic E-state index is 14.1. The van der Waals surface area contributed by atoms with Crippen molar-refractivity contribution < 1.29 is 42.8 Å². The molecular weight excluding hydrogens is 688 g/mol. The summed E-state index contributed by atoms with van der Waals surface area (Å²) in [7, 11) is 1.43. The molecule has 6 rings (SSSR count). The predicted octanol–water partition coefficient (Wildman–Crippen LogP) is 1.02. The minimum Gasteiger partial charge on any atom is -0.480 e. The molecule has 1 aliphatic heterocycles. The number of benzene rings is 1. The van der Waals surface area contributed by atoms with E-state index in [1.54, 1.807) is 6.07 Å². The Morgan fingerprint density at radius 3 is 2.55 bits per heavy atom. The molecule has 0 saturated carbocycles. The third-order valence-corrected chi connectivity index (χ3v) is 8.99. The molecule has 17 heteroatoms. The van der Waals surface area contributed by atoms with Crippen molar-refractivity contribution in [2.45, 2.75) is 70.3 Å². The van der Waals surface area contributed by atoms with Crippen LogP contribution >= 0.6 is 0 Å². The Bertz CT molecular complexity index is 1990. The van der Waals surface area contributed by atoms with E-state index < -0.39 is 53.8 Å². The minimum atomic E-state index is -1.46. The molecule has 4 atom stereocenters. The van der Waals surface area contributed by atoms with Crippen LogP contribution in [-0.4, -0.2) is 93.1 Å². The molecular formula is C36H40N8O9. The van der Waals surface area contributed by atoms with Gasteiger partial charge < -0.3 is 45.0 Å². The van der Waals surface area contributed by atoms with Crippen LogP contribution in [0.5, 0.6) is 5.88 Å². The molecule has 0 saturated heterocycles. The minimum absolute atomic E-state index is 0.0148. The monoisotopic (exact) mass is 728 g/mol. The number of aliphatic hydroxyl groups is 1. The molecule has 5 N–H and O–H groups in total. The van der Waals surface area contributed by atoms with E-state index in [0.29, 0.717) is 0 Å². The van der Waals surface area contributed by atoms with Gasteiger partial charge in [0.25, 0.3) is 17.7 Å². The molecule has 53 heavy (non-hydrogen) atoms. The first-order valence-electron chi connectivity index (χ1n) is 17.2. The summed E-state index contributed by atoms with van der Waals surface area (Å²) in [6.07, 6.45) is 2.39. The van der Waals surface area contributed by atoms with E-state index in [4.69, 9.17) is 13.7 Å². The molecule has 5 amide bonds. The maximum Gasteiger partial charge on any atom is 0.274 e. The van der Waals surface area contributed by atoms with Gasteiger partial charge in [0.15, 0.2) is 17.1 Å². The number of amides is 5. The zero-order valence-corrected chi connectivity index (χ0v) is 29.4. The average molecular weight is 729 g/mol. The van der Waals surface area contributed by atoms with Crippen molar-refractivity contribution in [3.63, 3.8) is 0 Å². The quantitative estimate of drug-likeness (QED) is 0.194. The second kappa shape index (κ2) is 16.1. The van der Waals surface area contributed by atoms with Gasteiger partial charge in [-0.15, -0.1) is 0 Å². The number of oxazole rings is 1. The molecule has 0 unspecified atom stereocenters. The number of nitrogens with zero attached hydrogens (tertiary/aromatic N) is 4. The topological polar surface area (TPSA) is 231 Å². The van der Waals surface area contributed by atoms with E-state index in [1.807, 2.05) is 30.3 Å². The molecule has 0 radical (unpaired) electrons. The molecule has 0 fully saturated rings. The fourth-order valence-electron chi connectivity index (χ4n) is 6.16. The number of pyridine rings is 1. The fraction of sp³-hybridized carbons (Fsp3) is 0.389. The van der Waals surface area contributed by atoms with Crippen LogP contribution in [0, 0.1) is 0 Å². The highest BCUT2D eigenvalue weighted by Gasteiger charge is 2.32. The van der Waals surface area contributed by atoms with Gasteiger partial charge in [0.2, 0.25) is 23.6 Å². The summed E-state index contributed by atoms with van der Waals surface area (Å²) < 4.78 is 16.7. The number of carbonyl (C=O) groups is 5. The Balaban J connectivity index is 1.33. The molecule has 4 bridgehead atoms. The Morgan fingerprint density at radius 2 is 1.79 bits per heavy atom. The number of hydrogen-bond donors (Lipinski definition) is 5. The van der Waals surface area contributed by atoms with Gasteiger partial charge in [-0.2, -0.15) is 0 Å². The van der Waals surface area contributed by atoms with Crippen LogP contribution in [0.2, 0.25) is 0 Å². The molecule has 0 spiro atoms. The lowest BCUT2D eigenvalue weighted by Crippen LogP contribution is -2.56.